The summed E-state index contributed by atoms with van der Waals surface area (Å²) in [5, 5.41) is 3.22. The quantitative estimate of drug-likeness (QED) is 0.861. The highest BCUT2D eigenvalue weighted by atomic mass is 16.5. The van der Waals surface area contributed by atoms with E-state index in [4.69, 9.17) is 4.74 Å². The van der Waals surface area contributed by atoms with Crippen molar-refractivity contribution in [1.29, 1.82) is 0 Å². The lowest BCUT2D eigenvalue weighted by Crippen LogP contribution is -2.43. The first kappa shape index (κ1) is 14.1. The Hall–Kier alpha value is -1.88. The molecule has 5 heteroatoms. The number of ketones is 1. The molecule has 0 radical (unpaired) electrons. The molecule has 0 aliphatic carbocycles. The second-order valence-electron chi connectivity index (χ2n) is 5.84. The molecule has 1 saturated heterocycles. The van der Waals surface area contributed by atoms with Gasteiger partial charge in [0.2, 0.25) is 0 Å². The molecule has 1 atom stereocenters. The van der Waals surface area contributed by atoms with Gasteiger partial charge in [0, 0.05) is 11.6 Å². The van der Waals surface area contributed by atoms with Crippen molar-refractivity contribution in [2.75, 3.05) is 18.1 Å². The molecule has 1 fully saturated rings. The Balaban J connectivity index is 1.95. The van der Waals surface area contributed by atoms with Crippen molar-refractivity contribution in [2.45, 2.75) is 38.8 Å². The highest BCUT2D eigenvalue weighted by Gasteiger charge is 2.30. The van der Waals surface area contributed by atoms with E-state index < -0.39 is 0 Å². The van der Waals surface area contributed by atoms with Crippen LogP contribution in [0.4, 0.5) is 5.69 Å². The van der Waals surface area contributed by atoms with Gasteiger partial charge in [0.1, 0.15) is 5.75 Å². The van der Waals surface area contributed by atoms with Crippen molar-refractivity contribution in [3.05, 3.63) is 23.8 Å². The van der Waals surface area contributed by atoms with E-state index in [1.807, 2.05) is 13.8 Å². The topological polar surface area (TPSA) is 58.6 Å². The number of fused-ring (bicyclic) bond motifs is 1. The Bertz CT molecular complexity index is 577. The summed E-state index contributed by atoms with van der Waals surface area (Å²) in [6.45, 7) is 4.86. The van der Waals surface area contributed by atoms with Gasteiger partial charge in [-0.05, 0) is 51.4 Å². The largest absolute Gasteiger partial charge is 0.482 e. The zero-order valence-corrected chi connectivity index (χ0v) is 12.4. The zero-order valence-electron chi connectivity index (χ0n) is 12.4. The minimum Gasteiger partial charge on any atom is -0.482 e. The first-order valence-electron chi connectivity index (χ1n) is 7.44. The number of hydrogen-bond donors (Lipinski definition) is 1. The third-order valence-electron chi connectivity index (χ3n) is 4.02. The van der Waals surface area contributed by atoms with E-state index in [-0.39, 0.29) is 30.4 Å². The van der Waals surface area contributed by atoms with Crippen LogP contribution in [0.3, 0.4) is 0 Å². The molecular weight excluding hydrogens is 268 g/mol. The number of benzene rings is 1. The fourth-order valence-corrected chi connectivity index (χ4v) is 3.00. The number of Topliss-reactive ketones (excluding diaryl/α,β-unsaturated/α-hetero) is 1. The first-order chi connectivity index (χ1) is 10.1. The van der Waals surface area contributed by atoms with Crippen molar-refractivity contribution in [3.8, 4) is 5.75 Å². The molecular formula is C16H20N2O3. The van der Waals surface area contributed by atoms with E-state index in [0.717, 1.165) is 19.4 Å². The van der Waals surface area contributed by atoms with Crippen LogP contribution >= 0.6 is 0 Å². The Morgan fingerprint density at radius 2 is 2.24 bits per heavy atom. The Morgan fingerprint density at radius 3 is 2.90 bits per heavy atom. The molecule has 2 heterocycles. The highest BCUT2D eigenvalue weighted by Crippen LogP contribution is 2.34. The van der Waals surface area contributed by atoms with E-state index >= 15 is 0 Å². The molecule has 1 unspecified atom stereocenters. The molecule has 1 aromatic carbocycles. The summed E-state index contributed by atoms with van der Waals surface area (Å²) in [6, 6.07) is 5.30. The van der Waals surface area contributed by atoms with E-state index in [9.17, 15) is 9.59 Å². The summed E-state index contributed by atoms with van der Waals surface area (Å²) in [4.78, 5) is 26.2. The number of carbonyl (C=O) groups excluding carboxylic acids is 2. The molecule has 5 nitrogen and oxygen atoms in total. The second-order valence-corrected chi connectivity index (χ2v) is 5.84. The van der Waals surface area contributed by atoms with Crippen molar-refractivity contribution >= 4 is 17.4 Å². The average Bonchev–Trinajstić information content (AvgIpc) is 2.99. The fraction of sp³-hybridized carbons (Fsp3) is 0.500. The molecule has 112 valence electrons. The third kappa shape index (κ3) is 2.53. The maximum Gasteiger partial charge on any atom is 0.265 e. The minimum atomic E-state index is -0.101. The number of hydrogen-bond acceptors (Lipinski definition) is 4. The van der Waals surface area contributed by atoms with E-state index in [2.05, 4.69) is 5.32 Å². The molecule has 0 bridgehead atoms. The molecule has 2 aliphatic rings. The van der Waals surface area contributed by atoms with E-state index in [1.54, 1.807) is 23.1 Å². The van der Waals surface area contributed by atoms with Crippen LogP contribution in [0.25, 0.3) is 0 Å². The number of amides is 1. The molecule has 0 aromatic heterocycles. The van der Waals surface area contributed by atoms with Gasteiger partial charge in [0.05, 0.1) is 11.7 Å². The third-order valence-corrected chi connectivity index (χ3v) is 4.02. The number of rotatable bonds is 3. The Labute approximate surface area is 124 Å². The Morgan fingerprint density at radius 1 is 1.43 bits per heavy atom. The van der Waals surface area contributed by atoms with Crippen molar-refractivity contribution < 1.29 is 14.3 Å². The van der Waals surface area contributed by atoms with Crippen LogP contribution in [-0.4, -0.2) is 36.9 Å². The molecule has 2 aliphatic heterocycles. The lowest BCUT2D eigenvalue weighted by atomic mass is 10.0. The number of nitrogens with zero attached hydrogens (tertiary/aromatic N) is 1. The normalized spacial score (nSPS) is 21.4. The smallest absolute Gasteiger partial charge is 0.265 e. The van der Waals surface area contributed by atoms with Crippen LogP contribution in [0.5, 0.6) is 5.75 Å². The molecule has 1 amide bonds. The van der Waals surface area contributed by atoms with Crippen LogP contribution in [0.1, 0.15) is 37.0 Å². The zero-order chi connectivity index (χ0) is 15.0. The average molecular weight is 288 g/mol. The minimum absolute atomic E-state index is 0.0371. The number of ether oxygens (including phenoxy) is 1. The lowest BCUT2D eigenvalue weighted by molar-refractivity contribution is -0.121. The lowest BCUT2D eigenvalue weighted by Gasteiger charge is -2.32. The van der Waals surface area contributed by atoms with Gasteiger partial charge in [-0.25, -0.2) is 0 Å². The molecule has 1 N–H and O–H groups in total. The van der Waals surface area contributed by atoms with Crippen LogP contribution < -0.4 is 15.0 Å². The first-order valence-corrected chi connectivity index (χ1v) is 7.44. The monoisotopic (exact) mass is 288 g/mol. The SMILES string of the molecule is CC(C)N1C(=O)COc2ccc(C(=O)C3CCCN3)cc21. The molecule has 1 aromatic rings. The van der Waals surface area contributed by atoms with E-state index in [0.29, 0.717) is 17.0 Å². The van der Waals surface area contributed by atoms with Crippen molar-refractivity contribution in [3.63, 3.8) is 0 Å². The predicted molar refractivity (Wildman–Crippen MR) is 79.9 cm³/mol. The summed E-state index contributed by atoms with van der Waals surface area (Å²) < 4.78 is 5.46. The maximum atomic E-state index is 12.5. The van der Waals surface area contributed by atoms with Gasteiger partial charge in [-0.2, -0.15) is 0 Å². The standard InChI is InChI=1S/C16H20N2O3/c1-10(2)18-13-8-11(16(20)12-4-3-7-17-12)5-6-14(13)21-9-15(18)19/h5-6,8,10,12,17H,3-4,7,9H2,1-2H3. The number of anilines is 1. The maximum absolute atomic E-state index is 12.5. The van der Waals surface area contributed by atoms with Gasteiger partial charge in [0.25, 0.3) is 5.91 Å². The van der Waals surface area contributed by atoms with Gasteiger partial charge in [-0.3, -0.25) is 9.59 Å². The highest BCUT2D eigenvalue weighted by molar-refractivity contribution is 6.04. The second kappa shape index (κ2) is 5.48. The molecule has 0 saturated carbocycles. The molecule has 21 heavy (non-hydrogen) atoms. The van der Waals surface area contributed by atoms with Gasteiger partial charge in [-0.15, -0.1) is 0 Å². The summed E-state index contributed by atoms with van der Waals surface area (Å²) in [7, 11) is 0. The fourth-order valence-electron chi connectivity index (χ4n) is 3.00. The van der Waals surface area contributed by atoms with Crippen LogP contribution in [0.15, 0.2) is 18.2 Å². The number of nitrogens with one attached hydrogen (secondary N) is 1. The van der Waals surface area contributed by atoms with Gasteiger partial charge >= 0.3 is 0 Å². The predicted octanol–water partition coefficient (Wildman–Crippen LogP) is 1.76. The summed E-state index contributed by atoms with van der Waals surface area (Å²) in [5.74, 6) is 0.692. The molecule has 3 rings (SSSR count). The van der Waals surface area contributed by atoms with E-state index in [1.165, 1.54) is 0 Å². The van der Waals surface area contributed by atoms with Gasteiger partial charge < -0.3 is 15.0 Å². The molecule has 0 spiro atoms. The number of carbonyl (C=O) groups is 2. The van der Waals surface area contributed by atoms with Crippen molar-refractivity contribution in [2.24, 2.45) is 0 Å². The summed E-state index contributed by atoms with van der Waals surface area (Å²) >= 11 is 0. The van der Waals surface area contributed by atoms with Crippen LogP contribution in [0.2, 0.25) is 0 Å². The summed E-state index contributed by atoms with van der Waals surface area (Å²) in [5.41, 5.74) is 1.34. The van der Waals surface area contributed by atoms with Crippen LogP contribution in [-0.2, 0) is 4.79 Å². The Kier molecular flexibility index (Phi) is 3.68. The van der Waals surface area contributed by atoms with Gasteiger partial charge in [-0.1, -0.05) is 0 Å². The summed E-state index contributed by atoms with van der Waals surface area (Å²) in [6.07, 6.45) is 1.90. The van der Waals surface area contributed by atoms with Gasteiger partial charge in [0.15, 0.2) is 12.4 Å². The van der Waals surface area contributed by atoms with Crippen LogP contribution in [0, 0.1) is 0 Å². The van der Waals surface area contributed by atoms with Crippen molar-refractivity contribution in [1.82, 2.24) is 5.32 Å².